The third-order valence-corrected chi connectivity index (χ3v) is 11.8. The van der Waals surface area contributed by atoms with Gasteiger partial charge in [0, 0.05) is 23.8 Å². The smallest absolute Gasteiger partial charge is 0.416 e. The van der Waals surface area contributed by atoms with Gasteiger partial charge in [-0.1, -0.05) is 37.3 Å². The molecule has 0 heterocycles. The maximum atomic E-state index is 13.8. The fourth-order valence-electron chi connectivity index (χ4n) is 6.70. The van der Waals surface area contributed by atoms with Crippen molar-refractivity contribution < 1.29 is 50.2 Å². The summed E-state index contributed by atoms with van der Waals surface area (Å²) in [5, 5.41) is 5.08. The van der Waals surface area contributed by atoms with Crippen LogP contribution in [-0.4, -0.2) is 63.3 Å². The van der Waals surface area contributed by atoms with Crippen LogP contribution in [0.4, 0.5) is 24.5 Å². The van der Waals surface area contributed by atoms with Crippen LogP contribution in [0.25, 0.3) is 0 Å². The van der Waals surface area contributed by atoms with Crippen molar-refractivity contribution in [1.29, 1.82) is 0 Å². The first-order valence-electron chi connectivity index (χ1n) is 17.9. The van der Waals surface area contributed by atoms with Gasteiger partial charge in [-0.3, -0.25) is 14.4 Å². The summed E-state index contributed by atoms with van der Waals surface area (Å²) >= 11 is 0. The van der Waals surface area contributed by atoms with Crippen molar-refractivity contribution >= 4 is 45.2 Å². The van der Waals surface area contributed by atoms with Crippen LogP contribution in [0.2, 0.25) is 0 Å². The monoisotopic (exact) mass is 793 g/mol. The number of halogens is 3. The molecular weight excluding hydrogens is 752 g/mol. The lowest BCUT2D eigenvalue weighted by atomic mass is 9.86. The summed E-state index contributed by atoms with van der Waals surface area (Å²) < 4.78 is 79.8. The number of amides is 2. The molecule has 0 atom stereocenters. The summed E-state index contributed by atoms with van der Waals surface area (Å²) in [5.41, 5.74) is 0.755. The van der Waals surface area contributed by atoms with Crippen LogP contribution in [0, 0.1) is 5.92 Å². The molecule has 2 N–H and O–H groups in total. The number of carbonyl (C=O) groups is 4. The Balaban J connectivity index is 1.29. The standard InChI is InChI=1S/C41H42F3N3O8S/c1-4-47(33-21-16-29(17-22-33)40(51)55-3)56(52,53)34-7-5-6-30(24-34)37(48)46-36-23-18-31(41(42,43)44)25-35(36)38(49)45-32-19-12-27(13-20-32)9-8-26-10-14-28(15-11-26)39(50)54-2/h5-7,10-15,18-20,23-25,29,33H,4,8-9,16-17,21-22H2,1-3H3,(H,45,49)(H,46,48). The highest BCUT2D eigenvalue weighted by molar-refractivity contribution is 7.89. The number of nitrogens with zero attached hydrogens (tertiary/aromatic N) is 1. The molecule has 0 unspecified atom stereocenters. The number of hydrogen-bond donors (Lipinski definition) is 2. The molecule has 4 aromatic rings. The third-order valence-electron chi connectivity index (χ3n) is 9.78. The molecule has 296 valence electrons. The van der Waals surface area contributed by atoms with E-state index in [4.69, 9.17) is 9.47 Å². The van der Waals surface area contributed by atoms with Crippen molar-refractivity contribution in [2.45, 2.75) is 62.6 Å². The van der Waals surface area contributed by atoms with E-state index in [1.807, 2.05) is 12.1 Å². The van der Waals surface area contributed by atoms with Gasteiger partial charge >= 0.3 is 18.1 Å². The maximum absolute atomic E-state index is 13.8. The number of methoxy groups -OCH3 is 2. The molecule has 11 nitrogen and oxygen atoms in total. The second-order valence-electron chi connectivity index (χ2n) is 13.3. The van der Waals surface area contributed by atoms with Gasteiger partial charge in [-0.25, -0.2) is 13.2 Å². The molecule has 56 heavy (non-hydrogen) atoms. The fraction of sp³-hybridized carbons (Fsp3) is 0.317. The number of ether oxygens (including phenoxy) is 2. The van der Waals surface area contributed by atoms with Crippen molar-refractivity contribution in [2.75, 3.05) is 31.4 Å². The van der Waals surface area contributed by atoms with Crippen LogP contribution in [0.1, 0.15) is 80.4 Å². The van der Waals surface area contributed by atoms with E-state index in [2.05, 4.69) is 10.6 Å². The zero-order valence-corrected chi connectivity index (χ0v) is 31.8. The number of alkyl halides is 3. The summed E-state index contributed by atoms with van der Waals surface area (Å²) in [7, 11) is -1.47. The first-order valence-corrected chi connectivity index (χ1v) is 19.4. The van der Waals surface area contributed by atoms with Crippen LogP contribution >= 0.6 is 0 Å². The van der Waals surface area contributed by atoms with E-state index in [1.165, 1.54) is 42.8 Å². The maximum Gasteiger partial charge on any atom is 0.416 e. The molecule has 4 aromatic carbocycles. The van der Waals surface area contributed by atoms with Gasteiger partial charge in [-0.2, -0.15) is 17.5 Å². The molecule has 5 rings (SSSR count). The lowest BCUT2D eigenvalue weighted by Gasteiger charge is -2.34. The van der Waals surface area contributed by atoms with E-state index in [0.717, 1.165) is 23.3 Å². The van der Waals surface area contributed by atoms with Crippen LogP contribution in [0.15, 0.2) is 95.9 Å². The van der Waals surface area contributed by atoms with Gasteiger partial charge in [-0.05, 0) is 110 Å². The summed E-state index contributed by atoms with van der Waals surface area (Å²) in [6, 6.07) is 21.0. The Hall–Kier alpha value is -5.54. The van der Waals surface area contributed by atoms with Crippen molar-refractivity contribution in [1.82, 2.24) is 4.31 Å². The first kappa shape index (κ1) is 41.6. The molecule has 2 amide bonds. The molecule has 0 bridgehead atoms. The topological polar surface area (TPSA) is 148 Å². The number of rotatable bonds is 13. The van der Waals surface area contributed by atoms with Crippen LogP contribution in [-0.2, 0) is 43.3 Å². The number of aryl methyl sites for hydroxylation is 2. The highest BCUT2D eigenvalue weighted by Gasteiger charge is 2.36. The minimum Gasteiger partial charge on any atom is -0.469 e. The Bertz CT molecular complexity index is 2170. The second kappa shape index (κ2) is 17.9. The van der Waals surface area contributed by atoms with Crippen LogP contribution in [0.5, 0.6) is 0 Å². The van der Waals surface area contributed by atoms with Crippen molar-refractivity contribution in [3.05, 3.63) is 124 Å². The lowest BCUT2D eigenvalue weighted by Crippen LogP contribution is -2.43. The van der Waals surface area contributed by atoms with Crippen molar-refractivity contribution in [3.63, 3.8) is 0 Å². The van der Waals surface area contributed by atoms with Crippen molar-refractivity contribution in [3.8, 4) is 0 Å². The number of benzene rings is 4. The molecule has 0 aliphatic heterocycles. The Labute approximate surface area is 323 Å². The molecule has 0 saturated heterocycles. The van der Waals surface area contributed by atoms with E-state index in [-0.39, 0.29) is 40.6 Å². The largest absolute Gasteiger partial charge is 0.469 e. The normalized spacial score (nSPS) is 15.8. The molecule has 1 saturated carbocycles. The number of sulfonamides is 1. The van der Waals surface area contributed by atoms with Gasteiger partial charge < -0.3 is 20.1 Å². The first-order chi connectivity index (χ1) is 26.6. The molecule has 1 aliphatic rings. The average Bonchev–Trinajstić information content (AvgIpc) is 3.20. The van der Waals surface area contributed by atoms with Crippen LogP contribution in [0.3, 0.4) is 0 Å². The van der Waals surface area contributed by atoms with Crippen molar-refractivity contribution in [2.24, 2.45) is 5.92 Å². The van der Waals surface area contributed by atoms with Gasteiger partial charge in [0.15, 0.2) is 0 Å². The van der Waals surface area contributed by atoms with E-state index in [9.17, 15) is 40.8 Å². The van der Waals surface area contributed by atoms with E-state index in [1.54, 1.807) is 43.3 Å². The summed E-state index contributed by atoms with van der Waals surface area (Å²) in [5.74, 6) is -2.82. The quantitative estimate of drug-likeness (QED) is 0.132. The zero-order valence-electron chi connectivity index (χ0n) is 31.0. The summed E-state index contributed by atoms with van der Waals surface area (Å²) in [6.07, 6.45) is -1.66. The SMILES string of the molecule is CCN(C1CCC(C(=O)OC)CC1)S(=O)(=O)c1cccc(C(=O)Nc2ccc(C(F)(F)F)cc2C(=O)Nc2ccc(CCc3ccc(C(=O)OC)cc3)cc2)c1. The van der Waals surface area contributed by atoms with E-state index < -0.39 is 45.1 Å². The van der Waals surface area contributed by atoms with Gasteiger partial charge in [0.25, 0.3) is 11.8 Å². The second-order valence-corrected chi connectivity index (χ2v) is 15.2. The highest BCUT2D eigenvalue weighted by Crippen LogP contribution is 2.34. The molecule has 0 spiro atoms. The predicted octanol–water partition coefficient (Wildman–Crippen LogP) is 7.52. The number of carbonyl (C=O) groups excluding carboxylic acids is 4. The number of hydrogen-bond acceptors (Lipinski definition) is 8. The van der Waals surface area contributed by atoms with E-state index >= 15 is 0 Å². The van der Waals surface area contributed by atoms with Gasteiger partial charge in [0.2, 0.25) is 10.0 Å². The Morgan fingerprint density at radius 3 is 1.95 bits per heavy atom. The summed E-state index contributed by atoms with van der Waals surface area (Å²) in [6.45, 7) is 1.84. The Kier molecular flexibility index (Phi) is 13.3. The number of esters is 2. The van der Waals surface area contributed by atoms with E-state index in [0.29, 0.717) is 55.8 Å². The fourth-order valence-corrected chi connectivity index (χ4v) is 8.44. The minimum absolute atomic E-state index is 0.0993. The molecule has 0 aromatic heterocycles. The van der Waals surface area contributed by atoms with Gasteiger partial charge in [0.05, 0.1) is 47.4 Å². The predicted molar refractivity (Wildman–Crippen MR) is 203 cm³/mol. The Morgan fingerprint density at radius 2 is 1.38 bits per heavy atom. The van der Waals surface area contributed by atoms with Crippen LogP contribution < -0.4 is 10.6 Å². The molecule has 1 fully saturated rings. The number of nitrogens with one attached hydrogen (secondary N) is 2. The third kappa shape index (κ3) is 10.0. The van der Waals surface area contributed by atoms with Gasteiger partial charge in [0.1, 0.15) is 0 Å². The summed E-state index contributed by atoms with van der Waals surface area (Å²) in [4.78, 5) is 50.5. The minimum atomic E-state index is -4.79. The molecule has 0 radical (unpaired) electrons. The molecular formula is C41H42F3N3O8S. The van der Waals surface area contributed by atoms with Gasteiger partial charge in [-0.15, -0.1) is 0 Å². The zero-order chi connectivity index (χ0) is 40.6. The average molecular weight is 794 g/mol. The Morgan fingerprint density at radius 1 is 0.750 bits per heavy atom. The molecule has 1 aliphatic carbocycles. The highest BCUT2D eigenvalue weighted by atomic mass is 32.2. The lowest BCUT2D eigenvalue weighted by molar-refractivity contribution is -0.146. The number of anilines is 2. The molecule has 15 heteroatoms.